The highest BCUT2D eigenvalue weighted by Gasteiger charge is 2.11. The van der Waals surface area contributed by atoms with Gasteiger partial charge in [-0.05, 0) is 29.0 Å². The molecular formula is C18H16N2O. The van der Waals surface area contributed by atoms with Gasteiger partial charge in [0.05, 0.1) is 5.69 Å². The van der Waals surface area contributed by atoms with Crippen LogP contribution in [0.3, 0.4) is 0 Å². The number of carbonyl (C=O) groups is 1. The molecule has 0 saturated carbocycles. The maximum atomic E-state index is 12.5. The molecule has 3 heteroatoms. The number of carbonyl (C=O) groups excluding carboxylic acids is 1. The minimum atomic E-state index is -0.113. The van der Waals surface area contributed by atoms with Crippen molar-refractivity contribution in [1.29, 1.82) is 0 Å². The van der Waals surface area contributed by atoms with Gasteiger partial charge in [0.25, 0.3) is 5.91 Å². The van der Waals surface area contributed by atoms with E-state index in [9.17, 15) is 4.79 Å². The molecule has 0 aliphatic rings. The Morgan fingerprint density at radius 1 is 0.857 bits per heavy atom. The molecule has 0 atom stereocenters. The van der Waals surface area contributed by atoms with Gasteiger partial charge in [0, 0.05) is 12.6 Å². The van der Waals surface area contributed by atoms with E-state index in [2.05, 4.69) is 5.43 Å². The SMILES string of the molecule is CN(NC(=O)c1cccc2ccccc12)c1ccccc1. The van der Waals surface area contributed by atoms with Crippen LogP contribution in [0.25, 0.3) is 10.8 Å². The number of nitrogens with one attached hydrogen (secondary N) is 1. The second-order valence-corrected chi connectivity index (χ2v) is 4.86. The molecule has 0 bridgehead atoms. The molecule has 0 fully saturated rings. The van der Waals surface area contributed by atoms with Gasteiger partial charge in [0.15, 0.2) is 0 Å². The zero-order valence-corrected chi connectivity index (χ0v) is 11.8. The standard InChI is InChI=1S/C18H16N2O/c1-20(15-10-3-2-4-11-15)19-18(21)17-13-7-9-14-8-5-6-12-16(14)17/h2-13H,1H3,(H,19,21). The van der Waals surface area contributed by atoms with Crippen molar-refractivity contribution in [3.8, 4) is 0 Å². The smallest absolute Gasteiger partial charge is 0.270 e. The van der Waals surface area contributed by atoms with Crippen molar-refractivity contribution in [2.24, 2.45) is 0 Å². The molecule has 0 spiro atoms. The summed E-state index contributed by atoms with van der Waals surface area (Å²) in [5.41, 5.74) is 4.51. The first-order valence-corrected chi connectivity index (χ1v) is 6.83. The summed E-state index contributed by atoms with van der Waals surface area (Å²) >= 11 is 0. The van der Waals surface area contributed by atoms with Crippen molar-refractivity contribution >= 4 is 22.4 Å². The number of rotatable bonds is 3. The number of hydrogen-bond donors (Lipinski definition) is 1. The fourth-order valence-electron chi connectivity index (χ4n) is 2.35. The van der Waals surface area contributed by atoms with E-state index in [-0.39, 0.29) is 5.91 Å². The summed E-state index contributed by atoms with van der Waals surface area (Å²) in [6.45, 7) is 0. The van der Waals surface area contributed by atoms with Gasteiger partial charge < -0.3 is 0 Å². The van der Waals surface area contributed by atoms with Crippen LogP contribution >= 0.6 is 0 Å². The quantitative estimate of drug-likeness (QED) is 0.741. The lowest BCUT2D eigenvalue weighted by molar-refractivity contribution is 0.0953. The summed E-state index contributed by atoms with van der Waals surface area (Å²) in [5, 5.41) is 3.75. The van der Waals surface area contributed by atoms with Crippen LogP contribution in [-0.4, -0.2) is 13.0 Å². The van der Waals surface area contributed by atoms with Gasteiger partial charge in [0.1, 0.15) is 0 Å². The zero-order chi connectivity index (χ0) is 14.7. The van der Waals surface area contributed by atoms with Crippen LogP contribution in [0, 0.1) is 0 Å². The molecule has 3 aromatic carbocycles. The minimum absolute atomic E-state index is 0.113. The molecule has 21 heavy (non-hydrogen) atoms. The summed E-state index contributed by atoms with van der Waals surface area (Å²) in [6, 6.07) is 23.4. The number of benzene rings is 3. The second kappa shape index (κ2) is 5.67. The summed E-state index contributed by atoms with van der Waals surface area (Å²) in [7, 11) is 1.83. The van der Waals surface area contributed by atoms with Crippen LogP contribution in [0.1, 0.15) is 10.4 Å². The maximum absolute atomic E-state index is 12.5. The third-order valence-corrected chi connectivity index (χ3v) is 3.45. The van der Waals surface area contributed by atoms with E-state index in [0.29, 0.717) is 5.56 Å². The van der Waals surface area contributed by atoms with Crippen LogP contribution in [0.4, 0.5) is 5.69 Å². The summed E-state index contributed by atoms with van der Waals surface area (Å²) in [6.07, 6.45) is 0. The Kier molecular flexibility index (Phi) is 3.56. The number of hydrazine groups is 1. The number of anilines is 1. The van der Waals surface area contributed by atoms with E-state index in [1.807, 2.05) is 79.8 Å². The van der Waals surface area contributed by atoms with Crippen molar-refractivity contribution < 1.29 is 4.79 Å². The fourth-order valence-corrected chi connectivity index (χ4v) is 2.35. The maximum Gasteiger partial charge on any atom is 0.270 e. The molecule has 3 rings (SSSR count). The second-order valence-electron chi connectivity index (χ2n) is 4.86. The van der Waals surface area contributed by atoms with Crippen LogP contribution < -0.4 is 10.4 Å². The third kappa shape index (κ3) is 2.72. The van der Waals surface area contributed by atoms with E-state index in [1.54, 1.807) is 5.01 Å². The molecule has 1 N–H and O–H groups in total. The Morgan fingerprint density at radius 3 is 2.33 bits per heavy atom. The van der Waals surface area contributed by atoms with Crippen molar-refractivity contribution in [3.05, 3.63) is 78.4 Å². The normalized spacial score (nSPS) is 10.3. The Hall–Kier alpha value is -2.81. The van der Waals surface area contributed by atoms with E-state index in [0.717, 1.165) is 16.5 Å². The third-order valence-electron chi connectivity index (χ3n) is 3.45. The highest BCUT2D eigenvalue weighted by atomic mass is 16.2. The first-order chi connectivity index (χ1) is 10.3. The lowest BCUT2D eigenvalue weighted by atomic mass is 10.0. The Labute approximate surface area is 123 Å². The number of para-hydroxylation sites is 1. The molecule has 0 heterocycles. The van der Waals surface area contributed by atoms with Gasteiger partial charge in [-0.15, -0.1) is 0 Å². The predicted molar refractivity (Wildman–Crippen MR) is 86.3 cm³/mol. The largest absolute Gasteiger partial charge is 0.288 e. The van der Waals surface area contributed by atoms with Crippen LogP contribution in [-0.2, 0) is 0 Å². The number of hydrogen-bond acceptors (Lipinski definition) is 2. The number of amides is 1. The van der Waals surface area contributed by atoms with Crippen LogP contribution in [0.2, 0.25) is 0 Å². The average Bonchev–Trinajstić information content (AvgIpc) is 2.55. The van der Waals surface area contributed by atoms with Crippen molar-refractivity contribution in [2.75, 3.05) is 12.1 Å². The summed E-state index contributed by atoms with van der Waals surface area (Å²) in [4.78, 5) is 12.5. The molecule has 0 radical (unpaired) electrons. The first kappa shape index (κ1) is 13.2. The molecule has 0 aromatic heterocycles. The fraction of sp³-hybridized carbons (Fsp3) is 0.0556. The van der Waals surface area contributed by atoms with Gasteiger partial charge in [-0.3, -0.25) is 15.2 Å². The number of nitrogens with zero attached hydrogens (tertiary/aromatic N) is 1. The zero-order valence-electron chi connectivity index (χ0n) is 11.8. The van der Waals surface area contributed by atoms with Crippen molar-refractivity contribution in [2.45, 2.75) is 0 Å². The molecular weight excluding hydrogens is 260 g/mol. The van der Waals surface area contributed by atoms with Gasteiger partial charge in [-0.1, -0.05) is 54.6 Å². The van der Waals surface area contributed by atoms with Gasteiger partial charge in [-0.25, -0.2) is 0 Å². The number of fused-ring (bicyclic) bond motifs is 1. The van der Waals surface area contributed by atoms with E-state index >= 15 is 0 Å². The molecule has 3 aromatic rings. The van der Waals surface area contributed by atoms with E-state index in [4.69, 9.17) is 0 Å². The Bertz CT molecular complexity index is 763. The molecule has 1 amide bonds. The highest BCUT2D eigenvalue weighted by Crippen LogP contribution is 2.18. The Morgan fingerprint density at radius 2 is 1.52 bits per heavy atom. The molecule has 0 saturated heterocycles. The van der Waals surface area contributed by atoms with E-state index in [1.165, 1.54) is 0 Å². The molecule has 0 aliphatic carbocycles. The van der Waals surface area contributed by atoms with Gasteiger partial charge in [-0.2, -0.15) is 0 Å². The monoisotopic (exact) mass is 276 g/mol. The van der Waals surface area contributed by atoms with Crippen molar-refractivity contribution in [3.63, 3.8) is 0 Å². The van der Waals surface area contributed by atoms with Crippen LogP contribution in [0.5, 0.6) is 0 Å². The van der Waals surface area contributed by atoms with Crippen LogP contribution in [0.15, 0.2) is 72.8 Å². The van der Waals surface area contributed by atoms with E-state index < -0.39 is 0 Å². The Balaban J connectivity index is 1.88. The highest BCUT2D eigenvalue weighted by molar-refractivity contribution is 6.07. The lowest BCUT2D eigenvalue weighted by Gasteiger charge is -2.20. The molecule has 0 unspecified atom stereocenters. The topological polar surface area (TPSA) is 32.3 Å². The minimum Gasteiger partial charge on any atom is -0.288 e. The molecule has 0 aliphatic heterocycles. The summed E-state index contributed by atoms with van der Waals surface area (Å²) < 4.78 is 0. The van der Waals surface area contributed by atoms with Crippen molar-refractivity contribution in [1.82, 2.24) is 5.43 Å². The summed E-state index contributed by atoms with van der Waals surface area (Å²) in [5.74, 6) is -0.113. The predicted octanol–water partition coefficient (Wildman–Crippen LogP) is 3.62. The van der Waals surface area contributed by atoms with Gasteiger partial charge >= 0.3 is 0 Å². The van der Waals surface area contributed by atoms with Gasteiger partial charge in [0.2, 0.25) is 0 Å². The average molecular weight is 276 g/mol. The lowest BCUT2D eigenvalue weighted by Crippen LogP contribution is -2.39. The first-order valence-electron chi connectivity index (χ1n) is 6.83. The molecule has 3 nitrogen and oxygen atoms in total. The molecule has 104 valence electrons.